The molecule has 4 aromatic rings. The second-order valence-corrected chi connectivity index (χ2v) is 8.80. The quantitative estimate of drug-likeness (QED) is 0.460. The Hall–Kier alpha value is -3.18. The van der Waals surface area contributed by atoms with Gasteiger partial charge >= 0.3 is 0 Å². The van der Waals surface area contributed by atoms with E-state index in [0.717, 1.165) is 22.1 Å². The van der Waals surface area contributed by atoms with E-state index in [2.05, 4.69) is 4.98 Å². The smallest absolute Gasteiger partial charge is 0.200 e. The summed E-state index contributed by atoms with van der Waals surface area (Å²) in [5.41, 5.74) is 3.31. The molecule has 0 fully saturated rings. The Balaban J connectivity index is 1.97. The molecule has 0 atom stereocenters. The van der Waals surface area contributed by atoms with Gasteiger partial charge in [-0.05, 0) is 41.6 Å². The van der Waals surface area contributed by atoms with E-state index in [0.29, 0.717) is 16.8 Å². The van der Waals surface area contributed by atoms with Gasteiger partial charge < -0.3 is 4.74 Å². The van der Waals surface area contributed by atoms with E-state index in [1.165, 1.54) is 0 Å². The molecule has 1 heterocycles. The van der Waals surface area contributed by atoms with Crippen molar-refractivity contribution < 1.29 is 13.2 Å². The molecule has 3 aromatic carbocycles. The first-order chi connectivity index (χ1) is 14.0. The lowest BCUT2D eigenvalue weighted by molar-refractivity contribution is 0.415. The zero-order valence-corrected chi connectivity index (χ0v) is 17.1. The topological polar surface area (TPSA) is 56.3 Å². The van der Waals surface area contributed by atoms with Crippen molar-refractivity contribution in [3.8, 4) is 16.9 Å². The first-order valence-electron chi connectivity index (χ1n) is 9.30. The first-order valence-corrected chi connectivity index (χ1v) is 11.0. The van der Waals surface area contributed by atoms with Crippen molar-refractivity contribution in [2.45, 2.75) is 17.7 Å². The van der Waals surface area contributed by atoms with Gasteiger partial charge in [0.2, 0.25) is 0 Å². The van der Waals surface area contributed by atoms with Gasteiger partial charge in [-0.1, -0.05) is 60.7 Å². The molecule has 0 saturated heterocycles. The number of benzene rings is 3. The lowest BCUT2D eigenvalue weighted by Gasteiger charge is -2.15. The number of nitrogens with zero attached hydrogens (tertiary/aromatic N) is 1. The van der Waals surface area contributed by atoms with Crippen LogP contribution in [0.3, 0.4) is 0 Å². The van der Waals surface area contributed by atoms with Crippen LogP contribution in [0, 0.1) is 6.92 Å². The van der Waals surface area contributed by atoms with Gasteiger partial charge in [-0.3, -0.25) is 0 Å². The maximum absolute atomic E-state index is 13.3. The average Bonchev–Trinajstić information content (AvgIpc) is 2.73. The Kier molecular flexibility index (Phi) is 5.07. The molecule has 4 rings (SSSR count). The third kappa shape index (κ3) is 3.74. The van der Waals surface area contributed by atoms with E-state index in [4.69, 9.17) is 4.74 Å². The molecule has 0 bridgehead atoms. The molecule has 5 heteroatoms. The Morgan fingerprint density at radius 3 is 2.17 bits per heavy atom. The van der Waals surface area contributed by atoms with Crippen LogP contribution < -0.4 is 4.74 Å². The van der Waals surface area contributed by atoms with Crippen molar-refractivity contribution in [2.75, 3.05) is 7.11 Å². The number of ether oxygens (including phenoxy) is 1. The third-order valence-corrected chi connectivity index (χ3v) is 6.53. The Morgan fingerprint density at radius 1 is 0.862 bits per heavy atom. The molecule has 0 saturated carbocycles. The summed E-state index contributed by atoms with van der Waals surface area (Å²) in [7, 11) is -2.03. The fraction of sp³-hybridized carbons (Fsp3) is 0.125. The van der Waals surface area contributed by atoms with Crippen LogP contribution in [0.2, 0.25) is 0 Å². The summed E-state index contributed by atoms with van der Waals surface area (Å²) in [5, 5.41) is 1.53. The van der Waals surface area contributed by atoms with Gasteiger partial charge in [0.15, 0.2) is 14.9 Å². The highest BCUT2D eigenvalue weighted by atomic mass is 32.2. The van der Waals surface area contributed by atoms with E-state index >= 15 is 0 Å². The number of hydrogen-bond donors (Lipinski definition) is 0. The van der Waals surface area contributed by atoms with Gasteiger partial charge in [0.25, 0.3) is 0 Å². The number of methoxy groups -OCH3 is 1. The molecular formula is C24H21NO3S. The van der Waals surface area contributed by atoms with E-state index < -0.39 is 9.84 Å². The average molecular weight is 404 g/mol. The highest BCUT2D eigenvalue weighted by Gasteiger charge is 2.23. The molecule has 4 nitrogen and oxygen atoms in total. The van der Waals surface area contributed by atoms with Crippen LogP contribution in [0.1, 0.15) is 11.3 Å². The van der Waals surface area contributed by atoms with Gasteiger partial charge in [-0.15, -0.1) is 0 Å². The SMILES string of the molecule is COc1ccc2c(S(=O)(=O)Cc3ccccc3)nc(C)c(-c3ccccc3)c2c1. The molecular weight excluding hydrogens is 382 g/mol. The fourth-order valence-electron chi connectivity index (χ4n) is 3.58. The standard InChI is InChI=1S/C24H21NO3S/c1-17-23(19-11-7-4-8-12-19)22-15-20(28-2)13-14-21(22)24(25-17)29(26,27)16-18-9-5-3-6-10-18/h3-15H,16H2,1-2H3. The lowest BCUT2D eigenvalue weighted by atomic mass is 9.98. The molecule has 0 aliphatic carbocycles. The summed E-state index contributed by atoms with van der Waals surface area (Å²) >= 11 is 0. The van der Waals surface area contributed by atoms with Gasteiger partial charge in [-0.2, -0.15) is 0 Å². The molecule has 1 aromatic heterocycles. The van der Waals surface area contributed by atoms with Crippen molar-refractivity contribution in [3.05, 3.63) is 90.1 Å². The molecule has 0 amide bonds. The molecule has 0 aliphatic heterocycles. The minimum Gasteiger partial charge on any atom is -0.497 e. The van der Waals surface area contributed by atoms with Crippen LogP contribution in [-0.4, -0.2) is 20.5 Å². The van der Waals surface area contributed by atoms with E-state index in [1.54, 1.807) is 19.2 Å². The van der Waals surface area contributed by atoms with Crippen molar-refractivity contribution in [1.82, 2.24) is 4.98 Å². The van der Waals surface area contributed by atoms with Gasteiger partial charge in [0.05, 0.1) is 12.9 Å². The van der Waals surface area contributed by atoms with Crippen LogP contribution in [0.15, 0.2) is 83.9 Å². The van der Waals surface area contributed by atoms with Gasteiger partial charge in [0, 0.05) is 16.6 Å². The van der Waals surface area contributed by atoms with E-state index in [1.807, 2.05) is 73.7 Å². The van der Waals surface area contributed by atoms with Crippen LogP contribution in [0.4, 0.5) is 0 Å². The van der Waals surface area contributed by atoms with Crippen LogP contribution in [0.5, 0.6) is 5.75 Å². The number of hydrogen-bond acceptors (Lipinski definition) is 4. The molecule has 0 radical (unpaired) electrons. The monoisotopic (exact) mass is 403 g/mol. The Labute approximate surface area is 170 Å². The summed E-state index contributed by atoms with van der Waals surface area (Å²) < 4.78 is 32.0. The number of pyridine rings is 1. The van der Waals surface area contributed by atoms with Crippen molar-refractivity contribution >= 4 is 20.6 Å². The normalized spacial score (nSPS) is 11.5. The minimum atomic E-state index is -3.63. The number of sulfone groups is 1. The fourth-order valence-corrected chi connectivity index (χ4v) is 5.13. The van der Waals surface area contributed by atoms with Gasteiger partial charge in [0.1, 0.15) is 5.75 Å². The summed E-state index contributed by atoms with van der Waals surface area (Å²) in [4.78, 5) is 4.57. The zero-order chi connectivity index (χ0) is 20.4. The van der Waals surface area contributed by atoms with Crippen LogP contribution >= 0.6 is 0 Å². The molecule has 0 unspecified atom stereocenters. The Morgan fingerprint density at radius 2 is 1.52 bits per heavy atom. The third-order valence-electron chi connectivity index (χ3n) is 4.91. The van der Waals surface area contributed by atoms with Crippen LogP contribution in [0.25, 0.3) is 21.9 Å². The minimum absolute atomic E-state index is 0.0912. The lowest BCUT2D eigenvalue weighted by Crippen LogP contribution is -2.10. The number of aromatic nitrogens is 1. The Bertz CT molecular complexity index is 1270. The van der Waals surface area contributed by atoms with Gasteiger partial charge in [-0.25, -0.2) is 13.4 Å². The molecule has 0 N–H and O–H groups in total. The number of rotatable bonds is 5. The molecule has 146 valence electrons. The van der Waals surface area contributed by atoms with E-state index in [-0.39, 0.29) is 10.8 Å². The first kappa shape index (κ1) is 19.2. The molecule has 0 aliphatic rings. The second-order valence-electron chi connectivity index (χ2n) is 6.90. The largest absolute Gasteiger partial charge is 0.497 e. The molecule has 29 heavy (non-hydrogen) atoms. The maximum Gasteiger partial charge on any atom is 0.200 e. The van der Waals surface area contributed by atoms with Crippen molar-refractivity contribution in [2.24, 2.45) is 0 Å². The summed E-state index contributed by atoms with van der Waals surface area (Å²) in [5.74, 6) is 0.582. The predicted molar refractivity (Wildman–Crippen MR) is 116 cm³/mol. The van der Waals surface area contributed by atoms with Crippen molar-refractivity contribution in [3.63, 3.8) is 0 Å². The number of aryl methyl sites for hydroxylation is 1. The number of fused-ring (bicyclic) bond motifs is 1. The molecule has 0 spiro atoms. The zero-order valence-electron chi connectivity index (χ0n) is 16.3. The summed E-state index contributed by atoms with van der Waals surface area (Å²) in [6, 6.07) is 24.5. The van der Waals surface area contributed by atoms with E-state index in [9.17, 15) is 8.42 Å². The highest BCUT2D eigenvalue weighted by Crippen LogP contribution is 2.36. The second kappa shape index (κ2) is 7.68. The predicted octanol–water partition coefficient (Wildman–Crippen LogP) is 5.19. The summed E-state index contributed by atoms with van der Waals surface area (Å²) in [6.07, 6.45) is 0. The van der Waals surface area contributed by atoms with Crippen molar-refractivity contribution in [1.29, 1.82) is 0 Å². The highest BCUT2D eigenvalue weighted by molar-refractivity contribution is 7.90. The summed E-state index contributed by atoms with van der Waals surface area (Å²) in [6.45, 7) is 1.85. The maximum atomic E-state index is 13.3. The van der Waals surface area contributed by atoms with Crippen LogP contribution in [-0.2, 0) is 15.6 Å².